The van der Waals surface area contributed by atoms with Gasteiger partial charge in [-0.25, -0.2) is 4.39 Å². The molecule has 1 aliphatic rings. The lowest BCUT2D eigenvalue weighted by Crippen LogP contribution is -2.42. The highest BCUT2D eigenvalue weighted by atomic mass is 19.1. The highest BCUT2D eigenvalue weighted by Gasteiger charge is 2.26. The molecule has 92 valence electrons. The second-order valence-corrected chi connectivity index (χ2v) is 4.82. The van der Waals surface area contributed by atoms with Crippen LogP contribution in [0.3, 0.4) is 0 Å². The van der Waals surface area contributed by atoms with E-state index in [9.17, 15) is 9.18 Å². The summed E-state index contributed by atoms with van der Waals surface area (Å²) in [5.41, 5.74) is 6.80. The van der Waals surface area contributed by atoms with Crippen molar-refractivity contribution in [3.05, 3.63) is 35.1 Å². The number of carbonyl (C=O) groups is 1. The molecule has 0 radical (unpaired) electrons. The van der Waals surface area contributed by atoms with Gasteiger partial charge in [-0.3, -0.25) is 4.79 Å². The van der Waals surface area contributed by atoms with Crippen molar-refractivity contribution < 1.29 is 9.18 Å². The summed E-state index contributed by atoms with van der Waals surface area (Å²) in [6.07, 6.45) is 1.92. The van der Waals surface area contributed by atoms with Crippen molar-refractivity contribution in [2.45, 2.75) is 25.8 Å². The first-order valence-electron chi connectivity index (χ1n) is 5.85. The quantitative estimate of drug-likeness (QED) is 0.837. The van der Waals surface area contributed by atoms with E-state index in [0.29, 0.717) is 18.0 Å². The Balaban J connectivity index is 1.90. The van der Waals surface area contributed by atoms with Gasteiger partial charge in [0.2, 0.25) is 0 Å². The van der Waals surface area contributed by atoms with Crippen molar-refractivity contribution in [2.24, 2.45) is 11.7 Å². The van der Waals surface area contributed by atoms with Crippen LogP contribution in [0, 0.1) is 18.7 Å². The van der Waals surface area contributed by atoms with Crippen LogP contribution in [0.15, 0.2) is 18.2 Å². The lowest BCUT2D eigenvalue weighted by molar-refractivity contribution is 0.0935. The van der Waals surface area contributed by atoms with Gasteiger partial charge in [0.15, 0.2) is 0 Å². The van der Waals surface area contributed by atoms with Crippen molar-refractivity contribution in [2.75, 3.05) is 6.54 Å². The normalized spacial score (nSPS) is 23.0. The fraction of sp³-hybridized carbons (Fsp3) is 0.462. The largest absolute Gasteiger partial charge is 0.352 e. The molecule has 0 bridgehead atoms. The maximum Gasteiger partial charge on any atom is 0.251 e. The topological polar surface area (TPSA) is 55.1 Å². The zero-order chi connectivity index (χ0) is 12.4. The van der Waals surface area contributed by atoms with Gasteiger partial charge in [-0.1, -0.05) is 0 Å². The molecule has 3 nitrogen and oxygen atoms in total. The summed E-state index contributed by atoms with van der Waals surface area (Å²) in [6, 6.07) is 4.63. The van der Waals surface area contributed by atoms with E-state index in [0.717, 1.165) is 18.4 Å². The van der Waals surface area contributed by atoms with Gasteiger partial charge in [-0.15, -0.1) is 0 Å². The smallest absolute Gasteiger partial charge is 0.251 e. The summed E-state index contributed by atoms with van der Waals surface area (Å²) in [7, 11) is 0. The third kappa shape index (κ3) is 3.03. The first-order valence-corrected chi connectivity index (χ1v) is 5.85. The Morgan fingerprint density at radius 3 is 2.76 bits per heavy atom. The van der Waals surface area contributed by atoms with E-state index in [1.54, 1.807) is 13.0 Å². The second-order valence-electron chi connectivity index (χ2n) is 4.82. The van der Waals surface area contributed by atoms with Gasteiger partial charge in [0.25, 0.3) is 5.91 Å². The summed E-state index contributed by atoms with van der Waals surface area (Å²) in [4.78, 5) is 11.8. The molecule has 0 atom stereocenters. The van der Waals surface area contributed by atoms with Crippen molar-refractivity contribution in [1.82, 2.24) is 5.32 Å². The standard InChI is InChI=1S/C13H17FN2O/c1-8-2-10(6-11(14)3-8)13(17)16-7-9-4-12(15)5-9/h2-3,6,9,12H,4-5,7,15H2,1H3,(H,16,17). The number of hydrogen-bond donors (Lipinski definition) is 2. The number of benzene rings is 1. The SMILES string of the molecule is Cc1cc(F)cc(C(=O)NCC2CC(N)C2)c1. The number of amides is 1. The van der Waals surface area contributed by atoms with Gasteiger partial charge in [0.1, 0.15) is 5.82 Å². The molecular formula is C13H17FN2O. The summed E-state index contributed by atoms with van der Waals surface area (Å²) in [6.45, 7) is 2.40. The number of halogens is 1. The van der Waals surface area contributed by atoms with E-state index in [4.69, 9.17) is 5.73 Å². The summed E-state index contributed by atoms with van der Waals surface area (Å²) < 4.78 is 13.1. The molecule has 1 aromatic carbocycles. The van der Waals surface area contributed by atoms with Crippen LogP contribution in [0.1, 0.15) is 28.8 Å². The fourth-order valence-corrected chi connectivity index (χ4v) is 2.16. The summed E-state index contributed by atoms with van der Waals surface area (Å²) in [5.74, 6) is -0.113. The minimum Gasteiger partial charge on any atom is -0.352 e. The van der Waals surface area contributed by atoms with Crippen LogP contribution in [0.2, 0.25) is 0 Å². The van der Waals surface area contributed by atoms with E-state index in [1.165, 1.54) is 12.1 Å². The van der Waals surface area contributed by atoms with Crippen molar-refractivity contribution in [3.8, 4) is 0 Å². The molecule has 2 rings (SSSR count). The predicted molar refractivity (Wildman–Crippen MR) is 64.2 cm³/mol. The number of carbonyl (C=O) groups excluding carboxylic acids is 1. The molecular weight excluding hydrogens is 219 g/mol. The van der Waals surface area contributed by atoms with Crippen molar-refractivity contribution in [3.63, 3.8) is 0 Å². The molecule has 4 heteroatoms. The molecule has 1 saturated carbocycles. The van der Waals surface area contributed by atoms with Crippen LogP contribution < -0.4 is 11.1 Å². The van der Waals surface area contributed by atoms with E-state index in [-0.39, 0.29) is 17.8 Å². The Morgan fingerprint density at radius 1 is 1.47 bits per heavy atom. The summed E-state index contributed by atoms with van der Waals surface area (Å²) >= 11 is 0. The third-order valence-corrected chi connectivity index (χ3v) is 3.13. The van der Waals surface area contributed by atoms with Crippen LogP contribution in [-0.4, -0.2) is 18.5 Å². The molecule has 0 heterocycles. The number of nitrogens with two attached hydrogens (primary N) is 1. The fourth-order valence-electron chi connectivity index (χ4n) is 2.16. The Hall–Kier alpha value is -1.42. The van der Waals surface area contributed by atoms with E-state index >= 15 is 0 Å². The molecule has 0 unspecified atom stereocenters. The number of hydrogen-bond acceptors (Lipinski definition) is 2. The lowest BCUT2D eigenvalue weighted by Gasteiger charge is -2.32. The van der Waals surface area contributed by atoms with E-state index in [2.05, 4.69) is 5.32 Å². The molecule has 0 spiro atoms. The van der Waals surface area contributed by atoms with Gasteiger partial charge >= 0.3 is 0 Å². The molecule has 0 aliphatic heterocycles. The van der Waals surface area contributed by atoms with Gasteiger partial charge in [-0.2, -0.15) is 0 Å². The zero-order valence-electron chi connectivity index (χ0n) is 9.87. The van der Waals surface area contributed by atoms with E-state index in [1.807, 2.05) is 0 Å². The first kappa shape index (κ1) is 12.0. The number of aryl methyl sites for hydroxylation is 1. The molecule has 1 fully saturated rings. The van der Waals surface area contributed by atoms with Crippen LogP contribution in [0.25, 0.3) is 0 Å². The molecule has 1 amide bonds. The predicted octanol–water partition coefficient (Wildman–Crippen LogP) is 1.60. The number of nitrogens with one attached hydrogen (secondary N) is 1. The van der Waals surface area contributed by atoms with Crippen LogP contribution in [0.5, 0.6) is 0 Å². The average molecular weight is 236 g/mol. The maximum absolute atomic E-state index is 13.1. The van der Waals surface area contributed by atoms with Crippen molar-refractivity contribution in [1.29, 1.82) is 0 Å². The molecule has 3 N–H and O–H groups in total. The first-order chi connectivity index (χ1) is 8.04. The number of rotatable bonds is 3. The lowest BCUT2D eigenvalue weighted by atomic mass is 9.81. The molecule has 17 heavy (non-hydrogen) atoms. The molecule has 0 saturated heterocycles. The Bertz CT molecular complexity index is 407. The Labute approximate surface area is 100 Å². The minimum absolute atomic E-state index is 0.215. The second kappa shape index (κ2) is 4.84. The minimum atomic E-state index is -0.374. The van der Waals surface area contributed by atoms with Gasteiger partial charge in [0, 0.05) is 18.2 Å². The monoisotopic (exact) mass is 236 g/mol. The van der Waals surface area contributed by atoms with Crippen LogP contribution in [-0.2, 0) is 0 Å². The molecule has 1 aliphatic carbocycles. The zero-order valence-corrected chi connectivity index (χ0v) is 9.87. The Morgan fingerprint density at radius 2 is 2.18 bits per heavy atom. The van der Waals surface area contributed by atoms with Gasteiger partial charge < -0.3 is 11.1 Å². The van der Waals surface area contributed by atoms with Gasteiger partial charge in [-0.05, 0) is 49.4 Å². The van der Waals surface area contributed by atoms with Crippen LogP contribution in [0.4, 0.5) is 4.39 Å². The average Bonchev–Trinajstić information content (AvgIpc) is 2.21. The van der Waals surface area contributed by atoms with E-state index < -0.39 is 0 Å². The highest BCUT2D eigenvalue weighted by molar-refractivity contribution is 5.94. The van der Waals surface area contributed by atoms with Gasteiger partial charge in [0.05, 0.1) is 0 Å². The Kier molecular flexibility index (Phi) is 3.43. The third-order valence-electron chi connectivity index (χ3n) is 3.13. The molecule has 1 aromatic rings. The highest BCUT2D eigenvalue weighted by Crippen LogP contribution is 2.24. The molecule has 0 aromatic heterocycles. The maximum atomic E-state index is 13.1. The van der Waals surface area contributed by atoms with Crippen LogP contribution >= 0.6 is 0 Å². The summed E-state index contributed by atoms with van der Waals surface area (Å²) in [5, 5.41) is 2.81. The van der Waals surface area contributed by atoms with Crippen molar-refractivity contribution >= 4 is 5.91 Å².